The van der Waals surface area contributed by atoms with Crippen LogP contribution in [0, 0.1) is 0 Å². The van der Waals surface area contributed by atoms with Crippen molar-refractivity contribution in [2.75, 3.05) is 11.9 Å². The highest BCUT2D eigenvalue weighted by Gasteiger charge is 2.13. The highest BCUT2D eigenvalue weighted by molar-refractivity contribution is 5.90. The van der Waals surface area contributed by atoms with Crippen LogP contribution in [-0.4, -0.2) is 33.7 Å². The van der Waals surface area contributed by atoms with Crippen molar-refractivity contribution in [2.24, 2.45) is 0 Å². The zero-order valence-electron chi connectivity index (χ0n) is 17.4. The molecule has 0 unspecified atom stereocenters. The first kappa shape index (κ1) is 21.7. The number of carbonyl (C=O) groups is 2. The van der Waals surface area contributed by atoms with Crippen molar-refractivity contribution in [3.63, 3.8) is 0 Å². The van der Waals surface area contributed by atoms with Gasteiger partial charge in [0.15, 0.2) is 0 Å². The summed E-state index contributed by atoms with van der Waals surface area (Å²) in [6.45, 7) is 1.21. The molecule has 168 valence electrons. The molecule has 0 saturated carbocycles. The Bertz CT molecular complexity index is 1480. The molecule has 11 nitrogen and oxygen atoms in total. The standard InChI is InChI=1S/C22H18N4O7/c1-2-31-22(30)23-14-7-8-15-13(9-19(27)33-18(15)10-14)12-32-20(28)11-26-21(29)16-5-3-4-6-17(16)24-25-26/h3-10H,2,11-12H2,1H3,(H,23,30). The van der Waals surface area contributed by atoms with Gasteiger partial charge in [-0.2, -0.15) is 4.68 Å². The lowest BCUT2D eigenvalue weighted by atomic mass is 10.1. The molecule has 2 aromatic heterocycles. The van der Waals surface area contributed by atoms with Crippen LogP contribution in [-0.2, 0) is 27.4 Å². The van der Waals surface area contributed by atoms with E-state index in [1.807, 2.05) is 0 Å². The maximum absolute atomic E-state index is 12.5. The van der Waals surface area contributed by atoms with Gasteiger partial charge in [-0.15, -0.1) is 5.10 Å². The molecule has 0 fully saturated rings. The number of hydrogen-bond donors (Lipinski definition) is 1. The number of nitrogens with one attached hydrogen (secondary N) is 1. The lowest BCUT2D eigenvalue weighted by Gasteiger charge is -2.09. The smallest absolute Gasteiger partial charge is 0.411 e. The molecule has 1 amide bonds. The van der Waals surface area contributed by atoms with Gasteiger partial charge in [-0.25, -0.2) is 9.59 Å². The van der Waals surface area contributed by atoms with Crippen LogP contribution in [0.3, 0.4) is 0 Å². The van der Waals surface area contributed by atoms with E-state index >= 15 is 0 Å². The fourth-order valence-corrected chi connectivity index (χ4v) is 3.17. The molecule has 0 spiro atoms. The molecular weight excluding hydrogens is 432 g/mol. The van der Waals surface area contributed by atoms with Gasteiger partial charge in [0.25, 0.3) is 5.56 Å². The summed E-state index contributed by atoms with van der Waals surface area (Å²) in [6.07, 6.45) is -0.642. The zero-order chi connectivity index (χ0) is 23.4. The second-order valence-corrected chi connectivity index (χ2v) is 6.88. The minimum atomic E-state index is -0.733. The van der Waals surface area contributed by atoms with Gasteiger partial charge < -0.3 is 13.9 Å². The van der Waals surface area contributed by atoms with Crippen molar-refractivity contribution in [3.8, 4) is 0 Å². The Labute approximate surface area is 185 Å². The third-order valence-electron chi connectivity index (χ3n) is 4.65. The number of carbonyl (C=O) groups excluding carboxylic acids is 2. The van der Waals surface area contributed by atoms with Crippen molar-refractivity contribution < 1.29 is 23.5 Å². The fraction of sp³-hybridized carbons (Fsp3) is 0.182. The number of nitrogens with zero attached hydrogens (tertiary/aromatic N) is 3. The van der Waals surface area contributed by atoms with Crippen LogP contribution >= 0.6 is 0 Å². The number of anilines is 1. The molecule has 2 heterocycles. The van der Waals surface area contributed by atoms with Gasteiger partial charge in [0.1, 0.15) is 24.3 Å². The van der Waals surface area contributed by atoms with Crippen LogP contribution in [0.25, 0.3) is 21.9 Å². The van der Waals surface area contributed by atoms with E-state index in [0.29, 0.717) is 27.5 Å². The minimum Gasteiger partial charge on any atom is -0.459 e. The Kier molecular flexibility index (Phi) is 6.11. The molecule has 0 aliphatic rings. The van der Waals surface area contributed by atoms with E-state index in [1.165, 1.54) is 12.1 Å². The summed E-state index contributed by atoms with van der Waals surface area (Å²) in [6, 6.07) is 12.5. The minimum absolute atomic E-state index is 0.194. The van der Waals surface area contributed by atoms with Crippen LogP contribution < -0.4 is 16.5 Å². The lowest BCUT2D eigenvalue weighted by Crippen LogP contribution is -2.28. The summed E-state index contributed by atoms with van der Waals surface area (Å²) in [5.41, 5.74) is 0.260. The molecule has 0 saturated heterocycles. The van der Waals surface area contributed by atoms with E-state index in [-0.39, 0.29) is 18.8 Å². The fourth-order valence-electron chi connectivity index (χ4n) is 3.17. The van der Waals surface area contributed by atoms with E-state index in [4.69, 9.17) is 13.9 Å². The molecule has 0 radical (unpaired) electrons. The summed E-state index contributed by atoms with van der Waals surface area (Å²) >= 11 is 0. The van der Waals surface area contributed by atoms with Crippen LogP contribution in [0.1, 0.15) is 12.5 Å². The van der Waals surface area contributed by atoms with E-state index in [9.17, 15) is 19.2 Å². The largest absolute Gasteiger partial charge is 0.459 e. The van der Waals surface area contributed by atoms with Crippen molar-refractivity contribution in [1.29, 1.82) is 0 Å². The maximum Gasteiger partial charge on any atom is 0.411 e. The number of rotatable bonds is 6. The first-order valence-corrected chi connectivity index (χ1v) is 9.93. The third-order valence-corrected chi connectivity index (χ3v) is 4.65. The van der Waals surface area contributed by atoms with Gasteiger partial charge in [0.2, 0.25) is 0 Å². The molecule has 11 heteroatoms. The molecule has 4 rings (SSSR count). The highest BCUT2D eigenvalue weighted by Crippen LogP contribution is 2.22. The molecule has 0 bridgehead atoms. The number of fused-ring (bicyclic) bond motifs is 2. The molecule has 0 aliphatic carbocycles. The van der Waals surface area contributed by atoms with E-state index in [0.717, 1.165) is 4.68 Å². The zero-order valence-corrected chi connectivity index (χ0v) is 17.4. The summed E-state index contributed by atoms with van der Waals surface area (Å²) in [5, 5.41) is 11.0. The second kappa shape index (κ2) is 9.30. The van der Waals surface area contributed by atoms with Crippen LogP contribution in [0.4, 0.5) is 10.5 Å². The van der Waals surface area contributed by atoms with E-state index in [1.54, 1.807) is 43.3 Å². The average Bonchev–Trinajstić information content (AvgIpc) is 2.79. The molecule has 2 aromatic carbocycles. The molecule has 33 heavy (non-hydrogen) atoms. The number of benzene rings is 2. The highest BCUT2D eigenvalue weighted by atomic mass is 16.5. The summed E-state index contributed by atoms with van der Waals surface area (Å²) in [7, 11) is 0. The lowest BCUT2D eigenvalue weighted by molar-refractivity contribution is -0.146. The predicted octanol–water partition coefficient (Wildman–Crippen LogP) is 2.21. The Morgan fingerprint density at radius 2 is 1.88 bits per heavy atom. The van der Waals surface area contributed by atoms with Gasteiger partial charge in [0.05, 0.1) is 12.0 Å². The Morgan fingerprint density at radius 3 is 2.70 bits per heavy atom. The van der Waals surface area contributed by atoms with Crippen molar-refractivity contribution >= 4 is 39.6 Å². The van der Waals surface area contributed by atoms with Crippen LogP contribution in [0.5, 0.6) is 0 Å². The number of amides is 1. The Balaban J connectivity index is 1.50. The van der Waals surface area contributed by atoms with Crippen molar-refractivity contribution in [2.45, 2.75) is 20.1 Å². The normalized spacial score (nSPS) is 10.8. The summed E-state index contributed by atoms with van der Waals surface area (Å²) in [5.74, 6) is -0.733. The Morgan fingerprint density at radius 1 is 1.06 bits per heavy atom. The maximum atomic E-state index is 12.5. The quantitative estimate of drug-likeness (QED) is 0.345. The topological polar surface area (TPSA) is 143 Å². The van der Waals surface area contributed by atoms with Gasteiger partial charge in [-0.05, 0) is 31.2 Å². The molecule has 4 aromatic rings. The van der Waals surface area contributed by atoms with Crippen molar-refractivity contribution in [3.05, 3.63) is 74.9 Å². The van der Waals surface area contributed by atoms with Gasteiger partial charge in [0, 0.05) is 28.8 Å². The number of hydrogen-bond acceptors (Lipinski definition) is 9. The number of ether oxygens (including phenoxy) is 2. The Hall–Kier alpha value is -4.54. The third kappa shape index (κ3) is 4.87. The first-order valence-electron chi connectivity index (χ1n) is 9.93. The molecule has 1 N–H and O–H groups in total. The molecular formula is C22H18N4O7. The molecule has 0 atom stereocenters. The monoisotopic (exact) mass is 450 g/mol. The van der Waals surface area contributed by atoms with E-state index < -0.39 is 29.8 Å². The van der Waals surface area contributed by atoms with Gasteiger partial charge >= 0.3 is 17.7 Å². The average molecular weight is 450 g/mol. The number of esters is 1. The SMILES string of the molecule is CCOC(=O)Nc1ccc2c(COC(=O)Cn3nnc4ccccc4c3=O)cc(=O)oc2c1. The summed E-state index contributed by atoms with van der Waals surface area (Å²) in [4.78, 5) is 48.3. The van der Waals surface area contributed by atoms with Crippen LogP contribution in [0.15, 0.2) is 62.5 Å². The first-order chi connectivity index (χ1) is 15.9. The van der Waals surface area contributed by atoms with Crippen LogP contribution in [0.2, 0.25) is 0 Å². The van der Waals surface area contributed by atoms with Gasteiger partial charge in [-0.3, -0.25) is 14.9 Å². The van der Waals surface area contributed by atoms with Gasteiger partial charge in [-0.1, -0.05) is 17.3 Å². The number of aromatic nitrogens is 3. The van der Waals surface area contributed by atoms with E-state index in [2.05, 4.69) is 15.6 Å². The summed E-state index contributed by atoms with van der Waals surface area (Å²) < 4.78 is 16.2. The van der Waals surface area contributed by atoms with Crippen molar-refractivity contribution in [1.82, 2.24) is 15.0 Å². The molecule has 0 aliphatic heterocycles. The second-order valence-electron chi connectivity index (χ2n) is 6.88. The predicted molar refractivity (Wildman–Crippen MR) is 117 cm³/mol.